The van der Waals surface area contributed by atoms with E-state index >= 15 is 0 Å². The minimum Gasteiger partial charge on any atom is -0.310 e. The van der Waals surface area contributed by atoms with Crippen molar-refractivity contribution in [3.8, 4) is 0 Å². The molecule has 1 aromatic rings. The smallest absolute Gasteiger partial charge is 0.147 e. The highest BCUT2D eigenvalue weighted by molar-refractivity contribution is 5.81. The molecule has 0 unspecified atom stereocenters. The summed E-state index contributed by atoms with van der Waals surface area (Å²) in [6.07, 6.45) is 4.21. The van der Waals surface area contributed by atoms with Gasteiger partial charge in [-0.25, -0.2) is 0 Å². The van der Waals surface area contributed by atoms with Crippen LogP contribution in [-0.4, -0.2) is 23.9 Å². The van der Waals surface area contributed by atoms with Crippen molar-refractivity contribution >= 4 is 5.78 Å². The van der Waals surface area contributed by atoms with Crippen molar-refractivity contribution in [2.75, 3.05) is 7.05 Å². The van der Waals surface area contributed by atoms with E-state index in [0.29, 0.717) is 0 Å². The Bertz CT molecular complexity index is 272. The Kier molecular flexibility index (Phi) is 3.58. The maximum Gasteiger partial charge on any atom is 0.147 e. The molecule has 0 aliphatic carbocycles. The van der Waals surface area contributed by atoms with Crippen LogP contribution in [0.5, 0.6) is 0 Å². The summed E-state index contributed by atoms with van der Waals surface area (Å²) < 4.78 is 0. The van der Waals surface area contributed by atoms with Gasteiger partial charge >= 0.3 is 0 Å². The van der Waals surface area contributed by atoms with Gasteiger partial charge in [0.1, 0.15) is 5.78 Å². The summed E-state index contributed by atoms with van der Waals surface area (Å²) in [7, 11) is 1.80. The molecule has 1 atom stereocenters. The molecule has 13 heavy (non-hydrogen) atoms. The van der Waals surface area contributed by atoms with Gasteiger partial charge in [0.2, 0.25) is 0 Å². The van der Waals surface area contributed by atoms with Crippen LogP contribution < -0.4 is 5.32 Å². The lowest BCUT2D eigenvalue weighted by Gasteiger charge is -2.11. The van der Waals surface area contributed by atoms with Crippen LogP contribution >= 0.6 is 0 Å². The van der Waals surface area contributed by atoms with Crippen molar-refractivity contribution in [3.05, 3.63) is 30.1 Å². The number of ketones is 1. The normalized spacial score (nSPS) is 12.5. The fourth-order valence-electron chi connectivity index (χ4n) is 1.20. The summed E-state index contributed by atoms with van der Waals surface area (Å²) in [6, 6.07) is 3.77. The first kappa shape index (κ1) is 9.86. The molecule has 0 fully saturated rings. The van der Waals surface area contributed by atoms with Crippen LogP contribution in [-0.2, 0) is 11.2 Å². The molecule has 1 rings (SSSR count). The van der Waals surface area contributed by atoms with Gasteiger partial charge in [-0.3, -0.25) is 9.78 Å². The molecule has 0 spiro atoms. The van der Waals surface area contributed by atoms with Crippen LogP contribution in [0.25, 0.3) is 0 Å². The number of nitrogens with one attached hydrogen (secondary N) is 1. The topological polar surface area (TPSA) is 42.0 Å². The van der Waals surface area contributed by atoms with Gasteiger partial charge < -0.3 is 5.32 Å². The van der Waals surface area contributed by atoms with Gasteiger partial charge in [-0.15, -0.1) is 0 Å². The van der Waals surface area contributed by atoms with Crippen LogP contribution in [0, 0.1) is 0 Å². The second-order valence-electron chi connectivity index (χ2n) is 3.01. The van der Waals surface area contributed by atoms with E-state index in [1.165, 1.54) is 0 Å². The zero-order chi connectivity index (χ0) is 9.68. The second kappa shape index (κ2) is 4.72. The monoisotopic (exact) mass is 178 g/mol. The average Bonchev–Trinajstić information content (AvgIpc) is 2.15. The number of aromatic nitrogens is 1. The lowest BCUT2D eigenvalue weighted by atomic mass is 10.0. The minimum atomic E-state index is -0.0811. The summed E-state index contributed by atoms with van der Waals surface area (Å²) in [5, 5.41) is 2.98. The standard InChI is InChI=1S/C10H14N2O/c1-8(13)10(11-2)7-9-3-5-12-6-4-9/h3-6,10-11H,7H2,1-2H3/t10-/m1/s1. The predicted octanol–water partition coefficient (Wildman–Crippen LogP) is 0.801. The Hall–Kier alpha value is -1.22. The quantitative estimate of drug-likeness (QED) is 0.741. The SMILES string of the molecule is CN[C@H](Cc1ccncc1)C(C)=O. The molecule has 1 N–H and O–H groups in total. The van der Waals surface area contributed by atoms with Crippen molar-refractivity contribution in [1.82, 2.24) is 10.3 Å². The molecular formula is C10H14N2O. The van der Waals surface area contributed by atoms with Gasteiger partial charge in [-0.05, 0) is 38.1 Å². The first-order chi connectivity index (χ1) is 6.24. The largest absolute Gasteiger partial charge is 0.310 e. The van der Waals surface area contributed by atoms with Crippen molar-refractivity contribution in [2.45, 2.75) is 19.4 Å². The third kappa shape index (κ3) is 2.95. The Morgan fingerprint density at radius 1 is 1.54 bits per heavy atom. The zero-order valence-electron chi connectivity index (χ0n) is 7.95. The number of carbonyl (C=O) groups is 1. The van der Waals surface area contributed by atoms with E-state index in [1.807, 2.05) is 12.1 Å². The molecule has 0 aliphatic heterocycles. The summed E-state index contributed by atoms with van der Waals surface area (Å²) >= 11 is 0. The Morgan fingerprint density at radius 3 is 2.62 bits per heavy atom. The molecule has 0 saturated heterocycles. The molecule has 0 aliphatic rings. The van der Waals surface area contributed by atoms with Crippen molar-refractivity contribution in [2.24, 2.45) is 0 Å². The van der Waals surface area contributed by atoms with E-state index < -0.39 is 0 Å². The number of carbonyl (C=O) groups excluding carboxylic acids is 1. The highest BCUT2D eigenvalue weighted by atomic mass is 16.1. The van der Waals surface area contributed by atoms with Gasteiger partial charge in [0.15, 0.2) is 0 Å². The molecule has 0 amide bonds. The number of rotatable bonds is 4. The lowest BCUT2D eigenvalue weighted by Crippen LogP contribution is -2.34. The number of Topliss-reactive ketones (excluding diaryl/α,β-unsaturated/α-hetero) is 1. The van der Waals surface area contributed by atoms with Crippen LogP contribution in [0.15, 0.2) is 24.5 Å². The summed E-state index contributed by atoms with van der Waals surface area (Å²) in [5.41, 5.74) is 1.13. The Morgan fingerprint density at radius 2 is 2.15 bits per heavy atom. The predicted molar refractivity (Wildman–Crippen MR) is 51.5 cm³/mol. The van der Waals surface area contributed by atoms with Crippen molar-refractivity contribution < 1.29 is 4.79 Å². The van der Waals surface area contributed by atoms with E-state index in [9.17, 15) is 4.79 Å². The van der Waals surface area contributed by atoms with E-state index in [-0.39, 0.29) is 11.8 Å². The number of hydrogen-bond donors (Lipinski definition) is 1. The van der Waals surface area contributed by atoms with Crippen LogP contribution in [0.3, 0.4) is 0 Å². The van der Waals surface area contributed by atoms with Gasteiger partial charge in [-0.2, -0.15) is 0 Å². The molecule has 1 heterocycles. The highest BCUT2D eigenvalue weighted by Gasteiger charge is 2.11. The van der Waals surface area contributed by atoms with Gasteiger partial charge in [0, 0.05) is 12.4 Å². The molecule has 0 saturated carbocycles. The molecule has 1 aromatic heterocycles. The number of pyridine rings is 1. The number of likely N-dealkylation sites (N-methyl/N-ethyl adjacent to an activating group) is 1. The number of hydrogen-bond acceptors (Lipinski definition) is 3. The molecule has 0 aromatic carbocycles. The fourth-order valence-corrected chi connectivity index (χ4v) is 1.20. The Balaban J connectivity index is 2.62. The average molecular weight is 178 g/mol. The molecule has 0 bridgehead atoms. The molecule has 70 valence electrons. The molecular weight excluding hydrogens is 164 g/mol. The Labute approximate surface area is 78.2 Å². The first-order valence-electron chi connectivity index (χ1n) is 4.30. The van der Waals surface area contributed by atoms with Crippen molar-refractivity contribution in [1.29, 1.82) is 0 Å². The maximum atomic E-state index is 11.1. The summed E-state index contributed by atoms with van der Waals surface area (Å²) in [4.78, 5) is 15.0. The summed E-state index contributed by atoms with van der Waals surface area (Å²) in [5.74, 6) is 0.166. The lowest BCUT2D eigenvalue weighted by molar-refractivity contribution is -0.118. The van der Waals surface area contributed by atoms with E-state index in [0.717, 1.165) is 12.0 Å². The van der Waals surface area contributed by atoms with Crippen molar-refractivity contribution in [3.63, 3.8) is 0 Å². The van der Waals surface area contributed by atoms with Gasteiger partial charge in [0.25, 0.3) is 0 Å². The zero-order valence-corrected chi connectivity index (χ0v) is 7.95. The molecule has 3 nitrogen and oxygen atoms in total. The molecule has 0 radical (unpaired) electrons. The van der Waals surface area contributed by atoms with Gasteiger partial charge in [0.05, 0.1) is 6.04 Å². The second-order valence-corrected chi connectivity index (χ2v) is 3.01. The summed E-state index contributed by atoms with van der Waals surface area (Å²) in [6.45, 7) is 1.60. The third-order valence-electron chi connectivity index (χ3n) is 2.03. The van der Waals surface area contributed by atoms with Crippen LogP contribution in [0.2, 0.25) is 0 Å². The molecule has 3 heteroatoms. The first-order valence-corrected chi connectivity index (χ1v) is 4.30. The highest BCUT2D eigenvalue weighted by Crippen LogP contribution is 2.01. The van der Waals surface area contributed by atoms with Crippen LogP contribution in [0.1, 0.15) is 12.5 Å². The van der Waals surface area contributed by atoms with Crippen LogP contribution in [0.4, 0.5) is 0 Å². The maximum absolute atomic E-state index is 11.1. The van der Waals surface area contributed by atoms with Gasteiger partial charge in [-0.1, -0.05) is 0 Å². The van der Waals surface area contributed by atoms with E-state index in [1.54, 1.807) is 26.4 Å². The third-order valence-corrected chi connectivity index (χ3v) is 2.03. The van der Waals surface area contributed by atoms with E-state index in [2.05, 4.69) is 10.3 Å². The fraction of sp³-hybridized carbons (Fsp3) is 0.400. The number of nitrogens with zero attached hydrogens (tertiary/aromatic N) is 1. The van der Waals surface area contributed by atoms with E-state index in [4.69, 9.17) is 0 Å². The minimum absolute atomic E-state index is 0.0811.